The van der Waals surface area contributed by atoms with Crippen molar-refractivity contribution in [2.75, 3.05) is 6.61 Å². The summed E-state index contributed by atoms with van der Waals surface area (Å²) >= 11 is 5.60. The first-order valence-corrected chi connectivity index (χ1v) is 13.8. The zero-order valence-electron chi connectivity index (χ0n) is 20.8. The van der Waals surface area contributed by atoms with E-state index in [-0.39, 0.29) is 17.7 Å². The van der Waals surface area contributed by atoms with Crippen molar-refractivity contribution in [3.05, 3.63) is 95.5 Å². The molecule has 0 aliphatic carbocycles. The molecule has 196 valence electrons. The van der Waals surface area contributed by atoms with Gasteiger partial charge in [0.15, 0.2) is 11.5 Å². The summed E-state index contributed by atoms with van der Waals surface area (Å²) in [5, 5.41) is 14.1. The average molecular weight is 690 g/mol. The Morgan fingerprint density at radius 3 is 2.58 bits per heavy atom. The second-order valence-corrected chi connectivity index (χ2v) is 10.4. The zero-order chi connectivity index (χ0) is 27.2. The Balaban J connectivity index is 1.65. The second kappa shape index (κ2) is 12.5. The molecule has 4 aromatic rings. The number of aromatic nitrogens is 2. The van der Waals surface area contributed by atoms with Crippen molar-refractivity contribution in [3.63, 3.8) is 0 Å². The number of rotatable bonds is 10. The normalized spacial score (nSPS) is 11.3. The first kappa shape index (κ1) is 27.8. The number of aryl methyl sites for hydroxylation is 1. The number of hydrogen-bond donors (Lipinski definition) is 1. The molecule has 0 fully saturated rings. The number of ether oxygens (including phenoxy) is 2. The lowest BCUT2D eigenvalue weighted by molar-refractivity contribution is 0.0697. The minimum atomic E-state index is -0.973. The number of nitrogens with zero attached hydrogens (tertiary/aromatic N) is 3. The van der Waals surface area contributed by atoms with E-state index in [0.29, 0.717) is 41.3 Å². The average Bonchev–Trinajstić information content (AvgIpc) is 2.89. The molecule has 0 radical (unpaired) electrons. The molecular formula is C28H25BrIN3O5. The van der Waals surface area contributed by atoms with Gasteiger partial charge in [-0.15, -0.1) is 0 Å². The van der Waals surface area contributed by atoms with E-state index in [1.54, 1.807) is 36.5 Å². The van der Waals surface area contributed by atoms with Crippen LogP contribution in [0.5, 0.6) is 11.5 Å². The van der Waals surface area contributed by atoms with Gasteiger partial charge in [-0.2, -0.15) is 9.78 Å². The lowest BCUT2D eigenvalue weighted by Gasteiger charge is -2.15. The summed E-state index contributed by atoms with van der Waals surface area (Å²) < 4.78 is 14.9. The van der Waals surface area contributed by atoms with Gasteiger partial charge in [-0.3, -0.25) is 4.79 Å². The zero-order valence-corrected chi connectivity index (χ0v) is 24.5. The van der Waals surface area contributed by atoms with Crippen LogP contribution in [-0.2, 0) is 13.0 Å². The molecule has 10 heteroatoms. The highest BCUT2D eigenvalue weighted by Crippen LogP contribution is 2.34. The summed E-state index contributed by atoms with van der Waals surface area (Å²) in [5.74, 6) is 0.745. The summed E-state index contributed by atoms with van der Waals surface area (Å²) in [6.45, 7) is 4.60. The van der Waals surface area contributed by atoms with E-state index < -0.39 is 5.97 Å². The van der Waals surface area contributed by atoms with Crippen LogP contribution in [0.25, 0.3) is 10.9 Å². The molecule has 0 aliphatic rings. The Bertz CT molecular complexity index is 1570. The fourth-order valence-electron chi connectivity index (χ4n) is 3.79. The van der Waals surface area contributed by atoms with E-state index in [1.807, 2.05) is 38.1 Å². The van der Waals surface area contributed by atoms with Crippen molar-refractivity contribution in [2.24, 2.45) is 5.10 Å². The van der Waals surface area contributed by atoms with E-state index in [9.17, 15) is 9.59 Å². The molecule has 3 aromatic carbocycles. The maximum atomic E-state index is 13.3. The third kappa shape index (κ3) is 6.41. The van der Waals surface area contributed by atoms with Crippen molar-refractivity contribution >= 4 is 61.6 Å². The Kier molecular flexibility index (Phi) is 9.16. The summed E-state index contributed by atoms with van der Waals surface area (Å²) in [6.07, 6.45) is 3.05. The van der Waals surface area contributed by atoms with Gasteiger partial charge in [0.05, 0.1) is 32.9 Å². The first-order valence-electron chi connectivity index (χ1n) is 12.0. The SMILES string of the molecule is CCCc1nc2ccc(Br)cc2c(=O)n1N=Cc1cc(I)c(OCc2ccc(C(=O)O)cc2)c(OCC)c1. The fraction of sp³-hybridized carbons (Fsp3) is 0.214. The van der Waals surface area contributed by atoms with Crippen molar-refractivity contribution in [2.45, 2.75) is 33.3 Å². The van der Waals surface area contributed by atoms with Crippen LogP contribution in [0.15, 0.2) is 69.0 Å². The smallest absolute Gasteiger partial charge is 0.335 e. The van der Waals surface area contributed by atoms with Gasteiger partial charge < -0.3 is 14.6 Å². The van der Waals surface area contributed by atoms with Crippen molar-refractivity contribution in [1.29, 1.82) is 0 Å². The lowest BCUT2D eigenvalue weighted by atomic mass is 10.1. The molecule has 0 amide bonds. The third-order valence-corrected chi connectivity index (χ3v) is 6.88. The van der Waals surface area contributed by atoms with Crippen molar-refractivity contribution in [3.8, 4) is 11.5 Å². The van der Waals surface area contributed by atoms with Crippen LogP contribution >= 0.6 is 38.5 Å². The van der Waals surface area contributed by atoms with Gasteiger partial charge in [-0.25, -0.2) is 9.78 Å². The van der Waals surface area contributed by atoms with Crippen LogP contribution in [0.2, 0.25) is 0 Å². The molecule has 0 aliphatic heterocycles. The number of hydrogen-bond acceptors (Lipinski definition) is 6. The summed E-state index contributed by atoms with van der Waals surface area (Å²) in [5.41, 5.74) is 2.19. The van der Waals surface area contributed by atoms with Crippen molar-refractivity contribution < 1.29 is 19.4 Å². The molecule has 4 rings (SSSR count). The predicted molar refractivity (Wildman–Crippen MR) is 159 cm³/mol. The van der Waals surface area contributed by atoms with Crippen LogP contribution in [0.3, 0.4) is 0 Å². The van der Waals surface area contributed by atoms with Gasteiger partial charge in [0.1, 0.15) is 12.4 Å². The highest BCUT2D eigenvalue weighted by molar-refractivity contribution is 14.1. The van der Waals surface area contributed by atoms with Gasteiger partial charge >= 0.3 is 5.97 Å². The Morgan fingerprint density at radius 2 is 1.89 bits per heavy atom. The van der Waals surface area contributed by atoms with E-state index in [0.717, 1.165) is 25.6 Å². The minimum absolute atomic E-state index is 0.220. The lowest BCUT2D eigenvalue weighted by Crippen LogP contribution is -2.22. The summed E-state index contributed by atoms with van der Waals surface area (Å²) in [6, 6.07) is 15.7. The van der Waals surface area contributed by atoms with Crippen LogP contribution in [0.4, 0.5) is 0 Å². The Labute approximate surface area is 241 Å². The van der Waals surface area contributed by atoms with E-state index in [2.05, 4.69) is 48.6 Å². The molecule has 8 nitrogen and oxygen atoms in total. The molecule has 0 spiro atoms. The van der Waals surface area contributed by atoms with Crippen molar-refractivity contribution in [1.82, 2.24) is 9.66 Å². The van der Waals surface area contributed by atoms with Gasteiger partial charge in [-0.05, 0) is 89.5 Å². The van der Waals surface area contributed by atoms with Crippen LogP contribution in [-0.4, -0.2) is 33.6 Å². The Hall–Kier alpha value is -3.25. The number of benzene rings is 3. The molecule has 0 atom stereocenters. The highest BCUT2D eigenvalue weighted by Gasteiger charge is 2.14. The van der Waals surface area contributed by atoms with Crippen LogP contribution < -0.4 is 15.0 Å². The number of aromatic carboxylic acids is 1. The number of carboxylic acid groups (broad SMARTS) is 1. The standard InChI is InChI=1S/C28H25BrIN3O5/c1-3-5-25-32-23-11-10-20(29)14-21(23)27(34)33(25)31-15-18-12-22(30)26(24(13-18)37-4-2)38-16-17-6-8-19(9-7-17)28(35)36/h6-15H,3-5,16H2,1-2H3,(H,35,36). The fourth-order valence-corrected chi connectivity index (χ4v) is 4.93. The first-order chi connectivity index (χ1) is 18.3. The third-order valence-electron chi connectivity index (χ3n) is 5.59. The molecule has 1 N–H and O–H groups in total. The number of fused-ring (bicyclic) bond motifs is 1. The molecule has 1 aromatic heterocycles. The van der Waals surface area contributed by atoms with E-state index >= 15 is 0 Å². The predicted octanol–water partition coefficient (Wildman–Crippen LogP) is 6.27. The van der Waals surface area contributed by atoms with Gasteiger partial charge in [0, 0.05) is 10.9 Å². The van der Waals surface area contributed by atoms with E-state index in [4.69, 9.17) is 14.6 Å². The molecule has 0 unspecified atom stereocenters. The van der Waals surface area contributed by atoms with Gasteiger partial charge in [0.25, 0.3) is 5.56 Å². The molecule has 1 heterocycles. The molecular weight excluding hydrogens is 665 g/mol. The van der Waals surface area contributed by atoms with Gasteiger partial charge in [-0.1, -0.05) is 35.0 Å². The molecule has 0 saturated carbocycles. The quantitative estimate of drug-likeness (QED) is 0.156. The van der Waals surface area contributed by atoms with Gasteiger partial charge in [0.2, 0.25) is 0 Å². The highest BCUT2D eigenvalue weighted by atomic mass is 127. The molecule has 0 saturated heterocycles. The van der Waals surface area contributed by atoms with Crippen LogP contribution in [0, 0.1) is 3.57 Å². The summed E-state index contributed by atoms with van der Waals surface area (Å²) in [7, 11) is 0. The monoisotopic (exact) mass is 689 g/mol. The maximum absolute atomic E-state index is 13.3. The number of carbonyl (C=O) groups is 1. The number of halogens is 2. The number of carboxylic acids is 1. The Morgan fingerprint density at radius 1 is 1.13 bits per heavy atom. The summed E-state index contributed by atoms with van der Waals surface area (Å²) in [4.78, 5) is 29.0. The minimum Gasteiger partial charge on any atom is -0.490 e. The maximum Gasteiger partial charge on any atom is 0.335 e. The second-order valence-electron chi connectivity index (χ2n) is 8.35. The largest absolute Gasteiger partial charge is 0.490 e. The van der Waals surface area contributed by atoms with E-state index in [1.165, 1.54) is 4.68 Å². The topological polar surface area (TPSA) is 103 Å². The van der Waals surface area contributed by atoms with Crippen LogP contribution in [0.1, 0.15) is 47.6 Å². The molecule has 0 bridgehead atoms. The molecule has 38 heavy (non-hydrogen) atoms.